The first-order valence-corrected chi connectivity index (χ1v) is 12.9. The van der Waals surface area contributed by atoms with Crippen molar-refractivity contribution in [3.05, 3.63) is 60.7 Å². The van der Waals surface area contributed by atoms with Gasteiger partial charge in [-0.15, -0.1) is 10.2 Å². The minimum atomic E-state index is 0.185. The SMILES string of the molecule is CCn1c(SCC(=O)N2CCC(C)CC2)nnc1-c1cc(-c2ccccc2)nc2ccccc12. The average Bonchev–Trinajstić information content (AvgIpc) is 3.30. The largest absolute Gasteiger partial charge is 0.342 e. The Kier molecular flexibility index (Phi) is 6.63. The molecule has 0 N–H and O–H groups in total. The van der Waals surface area contributed by atoms with Gasteiger partial charge in [-0.25, -0.2) is 4.98 Å². The molecule has 2 aromatic carbocycles. The van der Waals surface area contributed by atoms with Crippen molar-refractivity contribution >= 4 is 28.6 Å². The normalized spacial score (nSPS) is 14.6. The van der Waals surface area contributed by atoms with Crippen LogP contribution in [0.5, 0.6) is 0 Å². The van der Waals surface area contributed by atoms with Crippen LogP contribution in [0.15, 0.2) is 65.8 Å². The van der Waals surface area contributed by atoms with E-state index in [9.17, 15) is 4.79 Å². The van der Waals surface area contributed by atoms with E-state index in [1.165, 1.54) is 11.8 Å². The summed E-state index contributed by atoms with van der Waals surface area (Å²) in [5, 5.41) is 10.9. The molecule has 0 radical (unpaired) electrons. The second-order valence-corrected chi connectivity index (χ2v) is 9.78. The highest BCUT2D eigenvalue weighted by molar-refractivity contribution is 7.99. The lowest BCUT2D eigenvalue weighted by Gasteiger charge is -2.30. The molecule has 7 heteroatoms. The lowest BCUT2D eigenvalue weighted by atomic mass is 9.99. The molecule has 6 nitrogen and oxygen atoms in total. The number of nitrogens with zero attached hydrogens (tertiary/aromatic N) is 5. The minimum absolute atomic E-state index is 0.185. The first-order chi connectivity index (χ1) is 16.6. The van der Waals surface area contributed by atoms with Gasteiger partial charge in [0.2, 0.25) is 5.91 Å². The molecule has 1 amide bonds. The fourth-order valence-corrected chi connectivity index (χ4v) is 5.38. The standard InChI is InChI=1S/C27H29N5OS/c1-3-32-26(29-30-27(32)34-18-25(33)31-15-13-19(2)14-16-31)22-17-24(20-9-5-4-6-10-20)28-23-12-8-7-11-21(22)23/h4-12,17,19H,3,13-16,18H2,1-2H3. The van der Waals surface area contributed by atoms with Gasteiger partial charge in [0.15, 0.2) is 11.0 Å². The van der Waals surface area contributed by atoms with Gasteiger partial charge >= 0.3 is 0 Å². The molecular formula is C27H29N5OS. The summed E-state index contributed by atoms with van der Waals surface area (Å²) in [7, 11) is 0. The maximum Gasteiger partial charge on any atom is 0.233 e. The van der Waals surface area contributed by atoms with Crippen LogP contribution in [-0.4, -0.2) is 49.4 Å². The Morgan fingerprint density at radius 1 is 1.03 bits per heavy atom. The second kappa shape index (κ2) is 9.97. The lowest BCUT2D eigenvalue weighted by molar-refractivity contribution is -0.129. The summed E-state index contributed by atoms with van der Waals surface area (Å²) in [4.78, 5) is 19.7. The number of pyridine rings is 1. The minimum Gasteiger partial charge on any atom is -0.342 e. The zero-order valence-corrected chi connectivity index (χ0v) is 20.5. The van der Waals surface area contributed by atoms with Crippen molar-refractivity contribution < 1.29 is 4.79 Å². The van der Waals surface area contributed by atoms with Crippen LogP contribution in [0.2, 0.25) is 0 Å². The van der Waals surface area contributed by atoms with E-state index in [1.807, 2.05) is 41.3 Å². The van der Waals surface area contributed by atoms with E-state index in [-0.39, 0.29) is 5.91 Å². The Bertz CT molecular complexity index is 1300. The van der Waals surface area contributed by atoms with Crippen LogP contribution in [0, 0.1) is 5.92 Å². The van der Waals surface area contributed by atoms with Crippen LogP contribution in [0.3, 0.4) is 0 Å². The van der Waals surface area contributed by atoms with Crippen LogP contribution in [0.4, 0.5) is 0 Å². The Hall–Kier alpha value is -3.19. The van der Waals surface area contributed by atoms with E-state index in [0.717, 1.165) is 71.2 Å². The highest BCUT2D eigenvalue weighted by Gasteiger charge is 2.22. The molecule has 0 atom stereocenters. The summed E-state index contributed by atoms with van der Waals surface area (Å²) in [5.74, 6) is 2.09. The summed E-state index contributed by atoms with van der Waals surface area (Å²) in [5.41, 5.74) is 3.90. The highest BCUT2D eigenvalue weighted by atomic mass is 32.2. The van der Waals surface area contributed by atoms with E-state index < -0.39 is 0 Å². The predicted octanol–water partition coefficient (Wildman–Crippen LogP) is 5.53. The molecule has 1 fully saturated rings. The van der Waals surface area contributed by atoms with Gasteiger partial charge in [-0.2, -0.15) is 0 Å². The quantitative estimate of drug-likeness (QED) is 0.346. The van der Waals surface area contributed by atoms with Crippen LogP contribution in [0.25, 0.3) is 33.5 Å². The summed E-state index contributed by atoms with van der Waals surface area (Å²) >= 11 is 1.48. The van der Waals surface area contributed by atoms with Gasteiger partial charge in [0.1, 0.15) is 0 Å². The summed E-state index contributed by atoms with van der Waals surface area (Å²) in [6, 6.07) is 20.4. The molecule has 174 valence electrons. The topological polar surface area (TPSA) is 63.9 Å². The van der Waals surface area contributed by atoms with Crippen LogP contribution < -0.4 is 0 Å². The molecule has 1 aliphatic heterocycles. The monoisotopic (exact) mass is 471 g/mol. The average molecular weight is 472 g/mol. The number of piperidine rings is 1. The van der Waals surface area contributed by atoms with Gasteiger partial charge in [0.25, 0.3) is 0 Å². The lowest BCUT2D eigenvalue weighted by Crippen LogP contribution is -2.38. The van der Waals surface area contributed by atoms with Crippen molar-refractivity contribution in [2.45, 2.75) is 38.4 Å². The van der Waals surface area contributed by atoms with Crippen LogP contribution in [-0.2, 0) is 11.3 Å². The van der Waals surface area contributed by atoms with Crippen molar-refractivity contribution in [1.29, 1.82) is 0 Å². The first kappa shape index (κ1) is 22.6. The number of carbonyl (C=O) groups is 1. The third-order valence-electron chi connectivity index (χ3n) is 6.52. The number of para-hydroxylation sites is 1. The van der Waals surface area contributed by atoms with Gasteiger partial charge in [-0.05, 0) is 37.8 Å². The van der Waals surface area contributed by atoms with Gasteiger partial charge < -0.3 is 9.47 Å². The number of carbonyl (C=O) groups excluding carboxylic acids is 1. The number of likely N-dealkylation sites (tertiary alicyclic amines) is 1. The predicted molar refractivity (Wildman–Crippen MR) is 138 cm³/mol. The Morgan fingerprint density at radius 2 is 1.76 bits per heavy atom. The fourth-order valence-electron chi connectivity index (χ4n) is 4.47. The summed E-state index contributed by atoms with van der Waals surface area (Å²) < 4.78 is 2.10. The highest BCUT2D eigenvalue weighted by Crippen LogP contribution is 2.33. The number of amides is 1. The van der Waals surface area contributed by atoms with Gasteiger partial charge in [-0.3, -0.25) is 4.79 Å². The first-order valence-electron chi connectivity index (χ1n) is 11.9. The molecule has 4 aromatic rings. The molecule has 1 aliphatic rings. The Labute approximate surface area is 204 Å². The molecule has 0 aliphatic carbocycles. The number of thioether (sulfide) groups is 1. The molecule has 0 bridgehead atoms. The molecule has 2 aromatic heterocycles. The van der Waals surface area contributed by atoms with Crippen molar-refractivity contribution in [3.8, 4) is 22.6 Å². The van der Waals surface area contributed by atoms with E-state index in [4.69, 9.17) is 4.98 Å². The van der Waals surface area contributed by atoms with E-state index >= 15 is 0 Å². The van der Waals surface area contributed by atoms with Crippen molar-refractivity contribution in [3.63, 3.8) is 0 Å². The molecular weight excluding hydrogens is 442 g/mol. The molecule has 34 heavy (non-hydrogen) atoms. The summed E-state index contributed by atoms with van der Waals surface area (Å²) in [6.07, 6.45) is 2.18. The molecule has 0 saturated carbocycles. The number of aromatic nitrogens is 4. The molecule has 0 spiro atoms. The molecule has 1 saturated heterocycles. The van der Waals surface area contributed by atoms with Crippen molar-refractivity contribution in [2.24, 2.45) is 5.92 Å². The summed E-state index contributed by atoms with van der Waals surface area (Å²) in [6.45, 7) is 6.78. The third kappa shape index (κ3) is 4.57. The van der Waals surface area contributed by atoms with E-state index in [2.05, 4.69) is 52.9 Å². The number of rotatable bonds is 6. The number of benzene rings is 2. The second-order valence-electron chi connectivity index (χ2n) is 8.84. The number of hydrogen-bond acceptors (Lipinski definition) is 5. The molecule has 5 rings (SSSR count). The van der Waals surface area contributed by atoms with Crippen molar-refractivity contribution in [1.82, 2.24) is 24.6 Å². The maximum atomic E-state index is 12.8. The Morgan fingerprint density at radius 3 is 2.53 bits per heavy atom. The molecule has 0 unspecified atom stereocenters. The fraction of sp³-hybridized carbons (Fsp3) is 0.333. The van der Waals surface area contributed by atoms with E-state index in [1.54, 1.807) is 0 Å². The van der Waals surface area contributed by atoms with Gasteiger partial charge in [0.05, 0.1) is 17.0 Å². The van der Waals surface area contributed by atoms with Crippen molar-refractivity contribution in [2.75, 3.05) is 18.8 Å². The maximum absolute atomic E-state index is 12.8. The number of hydrogen-bond donors (Lipinski definition) is 0. The van der Waals surface area contributed by atoms with Crippen LogP contribution >= 0.6 is 11.8 Å². The van der Waals surface area contributed by atoms with Crippen LogP contribution in [0.1, 0.15) is 26.7 Å². The smallest absolute Gasteiger partial charge is 0.233 e. The Balaban J connectivity index is 1.46. The van der Waals surface area contributed by atoms with E-state index in [0.29, 0.717) is 11.7 Å². The number of fused-ring (bicyclic) bond motifs is 1. The molecule has 3 heterocycles. The zero-order chi connectivity index (χ0) is 23.5. The third-order valence-corrected chi connectivity index (χ3v) is 7.47. The zero-order valence-electron chi connectivity index (χ0n) is 19.6. The van der Waals surface area contributed by atoms with Gasteiger partial charge in [0, 0.05) is 36.1 Å². The van der Waals surface area contributed by atoms with Gasteiger partial charge in [-0.1, -0.05) is 67.2 Å².